The second kappa shape index (κ2) is 8.60. The molecular weight excluding hydrogens is 528 g/mol. The van der Waals surface area contributed by atoms with E-state index >= 15 is 0 Å². The van der Waals surface area contributed by atoms with Gasteiger partial charge in [-0.3, -0.25) is 0 Å². The van der Waals surface area contributed by atoms with Crippen LogP contribution in [0.25, 0.3) is 76.9 Å². The van der Waals surface area contributed by atoms with Crippen LogP contribution in [0.5, 0.6) is 0 Å². The molecule has 9 rings (SSSR count). The Morgan fingerprint density at radius 1 is 0.442 bits per heavy atom. The fourth-order valence-electron chi connectivity index (χ4n) is 6.85. The predicted molar refractivity (Wildman–Crippen MR) is 172 cm³/mol. The molecule has 0 N–H and O–H groups in total. The monoisotopic (exact) mass is 548 g/mol. The van der Waals surface area contributed by atoms with E-state index in [4.69, 9.17) is 4.42 Å². The highest BCUT2D eigenvalue weighted by atomic mass is 16.3. The lowest BCUT2D eigenvalue weighted by Gasteiger charge is -2.19. The first-order valence-corrected chi connectivity index (χ1v) is 14.1. The Bertz CT molecular complexity index is 2650. The summed E-state index contributed by atoms with van der Waals surface area (Å²) in [7, 11) is 0. The first-order chi connectivity index (χ1) is 21.3. The first-order valence-electron chi connectivity index (χ1n) is 14.1. The van der Waals surface area contributed by atoms with Crippen LogP contribution >= 0.6 is 0 Å². The van der Waals surface area contributed by atoms with Crippen molar-refractivity contribution >= 4 is 65.6 Å². The van der Waals surface area contributed by atoms with Crippen molar-refractivity contribution in [3.8, 4) is 23.5 Å². The molecule has 0 saturated carbocycles. The Labute approximate surface area is 245 Å². The van der Waals surface area contributed by atoms with E-state index in [1.54, 1.807) is 12.1 Å². The van der Waals surface area contributed by atoms with Gasteiger partial charge in [0.25, 0.3) is 0 Å². The molecule has 0 atom stereocenters. The number of fused-ring (bicyclic) bond motifs is 10. The van der Waals surface area contributed by atoms with Gasteiger partial charge in [-0.05, 0) is 48.5 Å². The van der Waals surface area contributed by atoms with Crippen molar-refractivity contribution in [1.29, 1.82) is 10.5 Å². The van der Waals surface area contributed by atoms with E-state index in [2.05, 4.69) is 75.9 Å². The van der Waals surface area contributed by atoms with Gasteiger partial charge >= 0.3 is 0 Å². The predicted octanol–water partition coefficient (Wildman–Crippen LogP) is 9.52. The van der Waals surface area contributed by atoms with Gasteiger partial charge < -0.3 is 13.6 Å². The van der Waals surface area contributed by atoms with Crippen LogP contribution < -0.4 is 0 Å². The van der Waals surface area contributed by atoms with Gasteiger partial charge in [0.2, 0.25) is 0 Å². The number of rotatable bonds is 2. The minimum absolute atomic E-state index is 0.475. The zero-order valence-corrected chi connectivity index (χ0v) is 22.7. The zero-order chi connectivity index (χ0) is 28.7. The Balaban J connectivity index is 1.52. The molecule has 43 heavy (non-hydrogen) atoms. The van der Waals surface area contributed by atoms with Crippen molar-refractivity contribution in [2.24, 2.45) is 0 Å². The number of hydrogen-bond acceptors (Lipinski definition) is 3. The van der Waals surface area contributed by atoms with Gasteiger partial charge in [-0.25, -0.2) is 0 Å². The Kier molecular flexibility index (Phi) is 4.68. The average molecular weight is 549 g/mol. The largest absolute Gasteiger partial charge is 0.455 e. The van der Waals surface area contributed by atoms with E-state index in [0.717, 1.165) is 65.6 Å². The smallest absolute Gasteiger partial charge is 0.145 e. The second-order valence-corrected chi connectivity index (χ2v) is 10.7. The highest BCUT2D eigenvalue weighted by Crippen LogP contribution is 2.43. The topological polar surface area (TPSA) is 70.6 Å². The van der Waals surface area contributed by atoms with Crippen molar-refractivity contribution < 1.29 is 4.42 Å². The number of nitrogens with zero attached hydrogens (tertiary/aromatic N) is 4. The van der Waals surface area contributed by atoms with Gasteiger partial charge in [-0.15, -0.1) is 0 Å². The normalized spacial score (nSPS) is 11.7. The summed E-state index contributed by atoms with van der Waals surface area (Å²) in [6.07, 6.45) is 0. The minimum atomic E-state index is 0.475. The average Bonchev–Trinajstić information content (AvgIpc) is 3.71. The molecule has 0 radical (unpaired) electrons. The summed E-state index contributed by atoms with van der Waals surface area (Å²) in [5.41, 5.74) is 7.70. The standard InChI is InChI=1S/C38H20N4O/c39-21-23-17-18-24(22-40)37(36(23)41-30-13-5-1-9-25(30)26-10-2-6-14-31(26)41)42-32-15-7-3-12-29(32)35-33(42)20-19-28-27-11-4-8-16-34(27)43-38(28)35/h1-20H. The third-order valence-electron chi connectivity index (χ3n) is 8.60. The third kappa shape index (κ3) is 3.03. The molecule has 3 aromatic heterocycles. The lowest BCUT2D eigenvalue weighted by Crippen LogP contribution is -2.08. The summed E-state index contributed by atoms with van der Waals surface area (Å²) in [4.78, 5) is 0. The molecule has 6 aromatic carbocycles. The number of hydrogen-bond donors (Lipinski definition) is 0. The molecule has 0 amide bonds. The van der Waals surface area contributed by atoms with E-state index < -0.39 is 0 Å². The molecule has 5 nitrogen and oxygen atoms in total. The highest BCUT2D eigenvalue weighted by Gasteiger charge is 2.26. The Hall–Kier alpha value is -6.30. The molecule has 198 valence electrons. The van der Waals surface area contributed by atoms with Crippen molar-refractivity contribution in [1.82, 2.24) is 9.13 Å². The summed E-state index contributed by atoms with van der Waals surface area (Å²) in [6, 6.07) is 45.3. The molecule has 0 spiro atoms. The molecule has 9 aromatic rings. The van der Waals surface area contributed by atoms with Crippen LogP contribution in [-0.4, -0.2) is 9.13 Å². The Morgan fingerprint density at radius 2 is 0.930 bits per heavy atom. The first kappa shape index (κ1) is 23.4. The van der Waals surface area contributed by atoms with Gasteiger partial charge in [-0.2, -0.15) is 10.5 Å². The summed E-state index contributed by atoms with van der Waals surface area (Å²) >= 11 is 0. The lowest BCUT2D eigenvalue weighted by atomic mass is 10.1. The SMILES string of the molecule is N#Cc1ccc(C#N)c(-n2c3ccccc3c3c4oc5ccccc5c4ccc32)c1-n1c2ccccc2c2ccccc21. The molecule has 0 aliphatic carbocycles. The van der Waals surface area contributed by atoms with Crippen molar-refractivity contribution in [3.05, 3.63) is 132 Å². The summed E-state index contributed by atoms with van der Waals surface area (Å²) < 4.78 is 10.8. The van der Waals surface area contributed by atoms with Crippen LogP contribution in [0.2, 0.25) is 0 Å². The third-order valence-corrected chi connectivity index (χ3v) is 8.60. The quantitative estimate of drug-likeness (QED) is 0.216. The Morgan fingerprint density at radius 3 is 1.53 bits per heavy atom. The van der Waals surface area contributed by atoms with Crippen LogP contribution in [0.1, 0.15) is 11.1 Å². The molecule has 0 fully saturated rings. The summed E-state index contributed by atoms with van der Waals surface area (Å²) in [6.45, 7) is 0. The number of nitriles is 2. The van der Waals surface area contributed by atoms with Crippen molar-refractivity contribution in [2.75, 3.05) is 0 Å². The number of aromatic nitrogens is 2. The maximum absolute atomic E-state index is 10.6. The lowest BCUT2D eigenvalue weighted by molar-refractivity contribution is 0.673. The molecular formula is C38H20N4O. The second-order valence-electron chi connectivity index (χ2n) is 10.7. The van der Waals surface area contributed by atoms with E-state index in [9.17, 15) is 10.5 Å². The van der Waals surface area contributed by atoms with Crippen molar-refractivity contribution in [3.63, 3.8) is 0 Å². The summed E-state index contributed by atoms with van der Waals surface area (Å²) in [5.74, 6) is 0. The molecule has 0 unspecified atom stereocenters. The van der Waals surface area contributed by atoms with E-state index in [1.807, 2.05) is 54.6 Å². The molecule has 0 aliphatic heterocycles. The molecule has 0 saturated heterocycles. The van der Waals surface area contributed by atoms with E-state index in [-0.39, 0.29) is 0 Å². The maximum Gasteiger partial charge on any atom is 0.145 e. The number of furan rings is 1. The minimum Gasteiger partial charge on any atom is -0.455 e. The van der Waals surface area contributed by atoms with Crippen LogP contribution in [0, 0.1) is 22.7 Å². The van der Waals surface area contributed by atoms with Crippen LogP contribution in [-0.2, 0) is 0 Å². The molecule has 5 heteroatoms. The fraction of sp³-hybridized carbons (Fsp3) is 0. The molecule has 0 aliphatic rings. The number of benzene rings is 6. The van der Waals surface area contributed by atoms with Gasteiger partial charge in [0.15, 0.2) is 0 Å². The van der Waals surface area contributed by atoms with Gasteiger partial charge in [-0.1, -0.05) is 72.8 Å². The van der Waals surface area contributed by atoms with Gasteiger partial charge in [0, 0.05) is 26.9 Å². The zero-order valence-electron chi connectivity index (χ0n) is 22.7. The van der Waals surface area contributed by atoms with E-state index in [0.29, 0.717) is 22.5 Å². The van der Waals surface area contributed by atoms with Gasteiger partial charge in [0.1, 0.15) is 23.3 Å². The van der Waals surface area contributed by atoms with Crippen LogP contribution in [0.3, 0.4) is 0 Å². The van der Waals surface area contributed by atoms with E-state index in [1.165, 1.54) is 0 Å². The molecule has 0 bridgehead atoms. The highest BCUT2D eigenvalue weighted by molar-refractivity contribution is 6.24. The molecule has 3 heterocycles. The van der Waals surface area contributed by atoms with Crippen LogP contribution in [0.4, 0.5) is 0 Å². The fourth-order valence-corrected chi connectivity index (χ4v) is 6.85. The van der Waals surface area contributed by atoms with Gasteiger partial charge in [0.05, 0.1) is 50.0 Å². The number of para-hydroxylation sites is 4. The summed E-state index contributed by atoms with van der Waals surface area (Å²) in [5, 5.41) is 27.4. The van der Waals surface area contributed by atoms with Crippen LogP contribution in [0.15, 0.2) is 126 Å². The van der Waals surface area contributed by atoms with Crippen molar-refractivity contribution in [2.45, 2.75) is 0 Å². The maximum atomic E-state index is 10.6.